The Morgan fingerprint density at radius 3 is 2.52 bits per heavy atom. The summed E-state index contributed by atoms with van der Waals surface area (Å²) >= 11 is 5.68. The van der Waals surface area contributed by atoms with Crippen LogP contribution in [0.1, 0.15) is 32.0 Å². The number of aliphatic carboxylic acids is 1. The van der Waals surface area contributed by atoms with Crippen LogP contribution in [0, 0.1) is 12.3 Å². The van der Waals surface area contributed by atoms with E-state index in [2.05, 4.69) is 4.98 Å². The van der Waals surface area contributed by atoms with E-state index < -0.39 is 11.4 Å². The van der Waals surface area contributed by atoms with Gasteiger partial charge < -0.3 is 19.1 Å². The lowest BCUT2D eigenvalue weighted by molar-refractivity contribution is -0.136. The average molecular weight is 393 g/mol. The molecular weight excluding hydrogens is 368 g/mol. The first-order valence-electron chi connectivity index (χ1n) is 8.55. The van der Waals surface area contributed by atoms with E-state index in [-0.39, 0.29) is 18.2 Å². The summed E-state index contributed by atoms with van der Waals surface area (Å²) in [5.74, 6) is -0.417. The highest BCUT2D eigenvalue weighted by Crippen LogP contribution is 2.39. The predicted molar refractivity (Wildman–Crippen MR) is 106 cm³/mol. The minimum Gasteiger partial charge on any atom is -0.495 e. The number of rotatable bonds is 7. The first kappa shape index (κ1) is 20.8. The number of hydrogen-bond acceptors (Lipinski definition) is 4. The van der Waals surface area contributed by atoms with Crippen LogP contribution in [0.2, 0.25) is 0 Å². The fourth-order valence-corrected chi connectivity index (χ4v) is 2.96. The number of carboxylic acid groups (broad SMARTS) is 1. The fraction of sp³-hybridized carbons (Fsp3) is 0.400. The Bertz CT molecular complexity index is 850. The number of ether oxygens (including phenoxy) is 2. The highest BCUT2D eigenvalue weighted by molar-refractivity contribution is 6.18. The lowest BCUT2D eigenvalue weighted by atomic mass is 9.81. The van der Waals surface area contributed by atoms with Gasteiger partial charge in [0.25, 0.3) is 0 Å². The zero-order chi connectivity index (χ0) is 20.2. The van der Waals surface area contributed by atoms with Crippen molar-refractivity contribution < 1.29 is 19.4 Å². The van der Waals surface area contributed by atoms with E-state index in [1.807, 2.05) is 56.7 Å². The Labute approximate surface area is 164 Å². The molecule has 0 amide bonds. The van der Waals surface area contributed by atoms with Gasteiger partial charge in [-0.1, -0.05) is 26.8 Å². The number of nitrogens with zero attached hydrogens (tertiary/aromatic N) is 2. The predicted octanol–water partition coefficient (Wildman–Crippen LogP) is 4.29. The summed E-state index contributed by atoms with van der Waals surface area (Å²) in [7, 11) is 1.58. The van der Waals surface area contributed by atoms with Crippen LogP contribution in [0.4, 0.5) is 0 Å². The second kappa shape index (κ2) is 8.48. The summed E-state index contributed by atoms with van der Waals surface area (Å²) in [5.41, 5.74) is 2.52. The quantitative estimate of drug-likeness (QED) is 0.432. The fourth-order valence-electron chi connectivity index (χ4n) is 2.89. The largest absolute Gasteiger partial charge is 0.495 e. The number of hydrogen-bond donors (Lipinski definition) is 1. The second-order valence-electron chi connectivity index (χ2n) is 7.11. The van der Waals surface area contributed by atoms with Gasteiger partial charge in [0.1, 0.15) is 12.4 Å². The third-order valence-corrected chi connectivity index (χ3v) is 4.11. The van der Waals surface area contributed by atoms with E-state index in [0.717, 1.165) is 11.4 Å². The Morgan fingerprint density at radius 2 is 2.04 bits per heavy atom. The molecule has 27 heavy (non-hydrogen) atoms. The van der Waals surface area contributed by atoms with Crippen molar-refractivity contribution in [2.24, 2.45) is 5.41 Å². The highest BCUT2D eigenvalue weighted by Gasteiger charge is 2.28. The number of alkyl halides is 1. The van der Waals surface area contributed by atoms with Gasteiger partial charge in [0.15, 0.2) is 0 Å². The maximum Gasteiger partial charge on any atom is 0.371 e. The van der Waals surface area contributed by atoms with Gasteiger partial charge in [0.2, 0.25) is 5.76 Å². The molecule has 146 valence electrons. The zero-order valence-corrected chi connectivity index (χ0v) is 17.0. The SMILES string of the molecule is COc1cc(/C(=C(/OCCCl)C(=O)O)C(C)(C)C)ccc1-n1cnc(C)c1. The molecule has 0 bridgehead atoms. The third kappa shape index (κ3) is 4.83. The van der Waals surface area contributed by atoms with Crippen LogP contribution in [0.25, 0.3) is 11.3 Å². The van der Waals surface area contributed by atoms with E-state index in [1.54, 1.807) is 13.4 Å². The van der Waals surface area contributed by atoms with Gasteiger partial charge in [-0.3, -0.25) is 0 Å². The molecule has 0 aliphatic carbocycles. The zero-order valence-electron chi connectivity index (χ0n) is 16.2. The second-order valence-corrected chi connectivity index (χ2v) is 7.48. The molecule has 0 aliphatic heterocycles. The molecule has 0 spiro atoms. The summed E-state index contributed by atoms with van der Waals surface area (Å²) in [6.07, 6.45) is 3.60. The number of allylic oxidation sites excluding steroid dienone is 1. The summed E-state index contributed by atoms with van der Waals surface area (Å²) in [6, 6.07) is 5.56. The van der Waals surface area contributed by atoms with Crippen molar-refractivity contribution in [3.8, 4) is 11.4 Å². The number of aryl methyl sites for hydroxylation is 1. The Kier molecular flexibility index (Phi) is 6.54. The van der Waals surface area contributed by atoms with Crippen molar-refractivity contribution in [2.75, 3.05) is 19.6 Å². The molecule has 1 aromatic heterocycles. The summed E-state index contributed by atoms with van der Waals surface area (Å²) in [5, 5.41) is 9.69. The molecule has 0 saturated carbocycles. The van der Waals surface area contributed by atoms with Gasteiger partial charge in [-0.25, -0.2) is 9.78 Å². The van der Waals surface area contributed by atoms with Crippen LogP contribution in [-0.2, 0) is 9.53 Å². The molecule has 0 unspecified atom stereocenters. The summed E-state index contributed by atoms with van der Waals surface area (Å²) in [4.78, 5) is 16.1. The summed E-state index contributed by atoms with van der Waals surface area (Å²) in [6.45, 7) is 7.84. The standard InChI is InChI=1S/C20H25ClN2O4/c1-13-11-23(12-22-13)15-7-6-14(10-16(15)26-5)17(20(2,3)4)18(19(24)25)27-9-8-21/h6-7,10-12H,8-9H2,1-5H3,(H,24,25)/b18-17-. The van der Waals surface area contributed by atoms with Gasteiger partial charge in [-0.15, -0.1) is 11.6 Å². The van der Waals surface area contributed by atoms with Gasteiger partial charge >= 0.3 is 5.97 Å². The number of imidazole rings is 1. The number of carboxylic acids is 1. The van der Waals surface area contributed by atoms with Gasteiger partial charge in [-0.05, 0) is 30.0 Å². The van der Waals surface area contributed by atoms with Crippen LogP contribution < -0.4 is 4.74 Å². The molecule has 6 nitrogen and oxygen atoms in total. The molecule has 1 N–H and O–H groups in total. The van der Waals surface area contributed by atoms with Crippen molar-refractivity contribution in [3.63, 3.8) is 0 Å². The van der Waals surface area contributed by atoms with Gasteiger partial charge in [-0.2, -0.15) is 0 Å². The molecule has 0 atom stereocenters. The summed E-state index contributed by atoms with van der Waals surface area (Å²) < 4.78 is 12.9. The van der Waals surface area contributed by atoms with Crippen LogP contribution in [0.3, 0.4) is 0 Å². The van der Waals surface area contributed by atoms with Crippen LogP contribution in [-0.4, -0.2) is 40.2 Å². The molecule has 1 aromatic carbocycles. The maximum atomic E-state index is 11.8. The average Bonchev–Trinajstić information content (AvgIpc) is 3.02. The van der Waals surface area contributed by atoms with Crippen LogP contribution >= 0.6 is 11.6 Å². The Morgan fingerprint density at radius 1 is 1.33 bits per heavy atom. The molecule has 0 radical (unpaired) electrons. The molecule has 7 heteroatoms. The van der Waals surface area contributed by atoms with Crippen LogP contribution in [0.15, 0.2) is 36.5 Å². The van der Waals surface area contributed by atoms with Crippen molar-refractivity contribution in [1.82, 2.24) is 9.55 Å². The smallest absolute Gasteiger partial charge is 0.371 e. The minimum absolute atomic E-state index is 0.101. The first-order valence-corrected chi connectivity index (χ1v) is 9.08. The van der Waals surface area contributed by atoms with E-state index >= 15 is 0 Å². The molecular formula is C20H25ClN2O4. The van der Waals surface area contributed by atoms with Crippen molar-refractivity contribution in [1.29, 1.82) is 0 Å². The van der Waals surface area contributed by atoms with E-state index in [0.29, 0.717) is 16.9 Å². The monoisotopic (exact) mass is 392 g/mol. The van der Waals surface area contributed by atoms with E-state index in [9.17, 15) is 9.90 Å². The number of benzene rings is 1. The number of halogens is 1. The molecule has 0 saturated heterocycles. The van der Waals surface area contributed by atoms with Crippen molar-refractivity contribution in [3.05, 3.63) is 47.7 Å². The molecule has 2 rings (SSSR count). The van der Waals surface area contributed by atoms with E-state index in [1.165, 1.54) is 0 Å². The third-order valence-electron chi connectivity index (χ3n) is 3.95. The lowest BCUT2D eigenvalue weighted by Gasteiger charge is -2.26. The Balaban J connectivity index is 2.65. The van der Waals surface area contributed by atoms with Gasteiger partial charge in [0, 0.05) is 11.8 Å². The molecule has 0 aliphatic rings. The topological polar surface area (TPSA) is 73.6 Å². The highest BCUT2D eigenvalue weighted by atomic mass is 35.5. The number of carbonyl (C=O) groups is 1. The number of aromatic nitrogens is 2. The van der Waals surface area contributed by atoms with Crippen molar-refractivity contribution >= 4 is 23.1 Å². The van der Waals surface area contributed by atoms with Crippen molar-refractivity contribution in [2.45, 2.75) is 27.7 Å². The number of methoxy groups -OCH3 is 1. The first-order chi connectivity index (χ1) is 12.7. The van der Waals surface area contributed by atoms with Crippen LogP contribution in [0.5, 0.6) is 5.75 Å². The lowest BCUT2D eigenvalue weighted by Crippen LogP contribution is -2.18. The molecule has 1 heterocycles. The normalized spacial score (nSPS) is 12.5. The molecule has 2 aromatic rings. The van der Waals surface area contributed by atoms with Gasteiger partial charge in [0.05, 0.1) is 30.7 Å². The Hall–Kier alpha value is -2.47. The molecule has 0 fully saturated rings. The maximum absolute atomic E-state index is 11.8. The van der Waals surface area contributed by atoms with E-state index in [4.69, 9.17) is 21.1 Å². The minimum atomic E-state index is -1.13.